The van der Waals surface area contributed by atoms with Crippen molar-refractivity contribution in [2.24, 2.45) is 0 Å². The third-order valence-electron chi connectivity index (χ3n) is 6.18. The summed E-state index contributed by atoms with van der Waals surface area (Å²) in [7, 11) is 0. The van der Waals surface area contributed by atoms with E-state index in [0.29, 0.717) is 34.0 Å². The number of hydrogen-bond donors (Lipinski definition) is 3. The molecule has 180 valence electrons. The molecule has 0 spiro atoms. The summed E-state index contributed by atoms with van der Waals surface area (Å²) in [6.45, 7) is 5.83. The van der Waals surface area contributed by atoms with Crippen molar-refractivity contribution in [3.63, 3.8) is 0 Å². The van der Waals surface area contributed by atoms with Gasteiger partial charge in [0, 0.05) is 17.1 Å². The average molecular weight is 478 g/mol. The lowest BCUT2D eigenvalue weighted by Crippen LogP contribution is -2.32. The number of rotatable bonds is 5. The van der Waals surface area contributed by atoms with Crippen LogP contribution in [0.5, 0.6) is 0 Å². The molecular formula is C29H27N5O2. The van der Waals surface area contributed by atoms with Gasteiger partial charge in [-0.2, -0.15) is 5.10 Å². The van der Waals surface area contributed by atoms with E-state index in [-0.39, 0.29) is 11.8 Å². The van der Waals surface area contributed by atoms with E-state index in [1.807, 2.05) is 99.6 Å². The van der Waals surface area contributed by atoms with Gasteiger partial charge < -0.3 is 16.0 Å². The van der Waals surface area contributed by atoms with Crippen LogP contribution >= 0.6 is 0 Å². The number of para-hydroxylation sites is 1. The van der Waals surface area contributed by atoms with Crippen LogP contribution in [0.15, 0.2) is 96.3 Å². The maximum Gasteiger partial charge on any atom is 0.261 e. The molecule has 2 amide bonds. The first-order chi connectivity index (χ1) is 17.4. The summed E-state index contributed by atoms with van der Waals surface area (Å²) < 4.78 is 1.72. The van der Waals surface area contributed by atoms with Crippen LogP contribution in [0.4, 0.5) is 17.2 Å². The first-order valence-corrected chi connectivity index (χ1v) is 11.8. The van der Waals surface area contributed by atoms with Crippen LogP contribution in [0.1, 0.15) is 40.0 Å². The van der Waals surface area contributed by atoms with Crippen molar-refractivity contribution in [2.75, 3.05) is 16.0 Å². The monoisotopic (exact) mass is 477 g/mol. The van der Waals surface area contributed by atoms with Crippen LogP contribution in [0.25, 0.3) is 0 Å². The Hall–Kier alpha value is -4.65. The summed E-state index contributed by atoms with van der Waals surface area (Å²) in [5.74, 6) is 0.0346. The smallest absolute Gasteiger partial charge is 0.261 e. The van der Waals surface area contributed by atoms with Gasteiger partial charge in [-0.05, 0) is 56.2 Å². The van der Waals surface area contributed by atoms with Gasteiger partial charge in [-0.1, -0.05) is 60.2 Å². The minimum Gasteiger partial charge on any atom is -0.343 e. The van der Waals surface area contributed by atoms with E-state index >= 15 is 0 Å². The predicted octanol–water partition coefficient (Wildman–Crippen LogP) is 5.68. The fourth-order valence-electron chi connectivity index (χ4n) is 4.50. The Morgan fingerprint density at radius 2 is 1.47 bits per heavy atom. The number of benzene rings is 3. The third kappa shape index (κ3) is 4.51. The lowest BCUT2D eigenvalue weighted by atomic mass is 9.93. The Kier molecular flexibility index (Phi) is 6.12. The quantitative estimate of drug-likeness (QED) is 0.345. The second-order valence-corrected chi connectivity index (χ2v) is 8.98. The molecule has 1 aromatic heterocycles. The molecular weight excluding hydrogens is 450 g/mol. The molecule has 36 heavy (non-hydrogen) atoms. The minimum absolute atomic E-state index is 0.232. The zero-order valence-electron chi connectivity index (χ0n) is 20.4. The van der Waals surface area contributed by atoms with Gasteiger partial charge in [-0.25, -0.2) is 4.68 Å². The van der Waals surface area contributed by atoms with Crippen LogP contribution in [-0.4, -0.2) is 21.6 Å². The highest BCUT2D eigenvalue weighted by atomic mass is 16.2. The zero-order chi connectivity index (χ0) is 25.2. The molecule has 1 unspecified atom stereocenters. The van der Waals surface area contributed by atoms with Crippen molar-refractivity contribution in [3.05, 3.63) is 119 Å². The van der Waals surface area contributed by atoms with E-state index in [1.165, 1.54) is 0 Å². The molecule has 0 bridgehead atoms. The molecule has 0 fully saturated rings. The van der Waals surface area contributed by atoms with Crippen molar-refractivity contribution >= 4 is 29.0 Å². The van der Waals surface area contributed by atoms with Crippen molar-refractivity contribution in [3.8, 4) is 0 Å². The number of fused-ring (bicyclic) bond motifs is 1. The fourth-order valence-corrected chi connectivity index (χ4v) is 4.50. The zero-order valence-corrected chi connectivity index (χ0v) is 20.4. The largest absolute Gasteiger partial charge is 0.343 e. The van der Waals surface area contributed by atoms with Crippen LogP contribution in [0.3, 0.4) is 0 Å². The molecule has 3 N–H and O–H groups in total. The van der Waals surface area contributed by atoms with Crippen molar-refractivity contribution < 1.29 is 9.59 Å². The van der Waals surface area contributed by atoms with Gasteiger partial charge in [0.15, 0.2) is 0 Å². The Labute approximate surface area is 209 Å². The lowest BCUT2D eigenvalue weighted by molar-refractivity contribution is -0.113. The molecule has 0 saturated heterocycles. The number of anilines is 3. The SMILES string of the molecule is CC1=C(C(=O)Nc2ccccc2)C(c2cccc(C)c2)n2ncc(C(=O)Nc3cccc(C)c3)c2N1. The topological polar surface area (TPSA) is 88.0 Å². The molecule has 5 rings (SSSR count). The molecule has 1 aliphatic heterocycles. The molecule has 1 aliphatic rings. The number of hydrogen-bond acceptors (Lipinski definition) is 4. The van der Waals surface area contributed by atoms with Crippen LogP contribution < -0.4 is 16.0 Å². The predicted molar refractivity (Wildman–Crippen MR) is 142 cm³/mol. The molecule has 1 atom stereocenters. The van der Waals surface area contributed by atoms with Crippen molar-refractivity contribution in [1.82, 2.24) is 9.78 Å². The van der Waals surface area contributed by atoms with Gasteiger partial charge in [0.25, 0.3) is 11.8 Å². The highest BCUT2D eigenvalue weighted by Gasteiger charge is 2.35. The van der Waals surface area contributed by atoms with Gasteiger partial charge in [0.2, 0.25) is 0 Å². The first kappa shape index (κ1) is 23.1. The standard InChI is InChI=1S/C29H27N5O2/c1-18-9-7-11-21(15-18)26-25(29(36)32-22-12-5-4-6-13-22)20(3)31-27-24(17-30-34(26)27)28(35)33-23-14-8-10-19(2)16-23/h4-17,26,31H,1-3H3,(H,32,36)(H,33,35). The van der Waals surface area contributed by atoms with Crippen LogP contribution in [0.2, 0.25) is 0 Å². The molecule has 7 nitrogen and oxygen atoms in total. The van der Waals surface area contributed by atoms with E-state index in [0.717, 1.165) is 16.7 Å². The normalized spacial score (nSPS) is 14.6. The van der Waals surface area contributed by atoms with E-state index in [9.17, 15) is 9.59 Å². The molecule has 0 aliphatic carbocycles. The summed E-state index contributed by atoms with van der Waals surface area (Å²) in [5, 5.41) is 13.8. The Bertz CT molecular complexity index is 1490. The summed E-state index contributed by atoms with van der Waals surface area (Å²) in [6.07, 6.45) is 1.54. The summed E-state index contributed by atoms with van der Waals surface area (Å²) >= 11 is 0. The lowest BCUT2D eigenvalue weighted by Gasteiger charge is -2.30. The number of nitrogens with zero attached hydrogens (tertiary/aromatic N) is 2. The number of nitrogens with one attached hydrogen (secondary N) is 3. The number of allylic oxidation sites excluding steroid dienone is 1. The minimum atomic E-state index is -0.509. The Morgan fingerprint density at radius 1 is 0.806 bits per heavy atom. The fraction of sp³-hybridized carbons (Fsp3) is 0.138. The molecule has 4 aromatic rings. The molecule has 0 radical (unpaired) electrons. The number of carbonyl (C=O) groups is 2. The summed E-state index contributed by atoms with van der Waals surface area (Å²) in [4.78, 5) is 26.8. The van der Waals surface area contributed by atoms with Gasteiger partial charge in [-0.15, -0.1) is 0 Å². The highest BCUT2D eigenvalue weighted by molar-refractivity contribution is 6.09. The first-order valence-electron chi connectivity index (χ1n) is 11.8. The van der Waals surface area contributed by atoms with Crippen molar-refractivity contribution in [1.29, 1.82) is 0 Å². The molecule has 2 heterocycles. The average Bonchev–Trinajstić information content (AvgIpc) is 3.27. The maximum absolute atomic E-state index is 13.5. The number of aromatic nitrogens is 2. The molecule has 0 saturated carbocycles. The number of amides is 2. The second-order valence-electron chi connectivity index (χ2n) is 8.98. The molecule has 3 aromatic carbocycles. The van der Waals surface area contributed by atoms with Gasteiger partial charge >= 0.3 is 0 Å². The second kappa shape index (κ2) is 9.54. The number of aryl methyl sites for hydroxylation is 2. The Morgan fingerprint density at radius 3 is 2.19 bits per heavy atom. The van der Waals surface area contributed by atoms with Crippen molar-refractivity contribution in [2.45, 2.75) is 26.8 Å². The van der Waals surface area contributed by atoms with Crippen LogP contribution in [0, 0.1) is 13.8 Å². The van der Waals surface area contributed by atoms with E-state index < -0.39 is 6.04 Å². The summed E-state index contributed by atoms with van der Waals surface area (Å²) in [6, 6.07) is 24.4. The maximum atomic E-state index is 13.5. The summed E-state index contributed by atoms with van der Waals surface area (Å²) in [5.41, 5.74) is 6.03. The third-order valence-corrected chi connectivity index (χ3v) is 6.18. The van der Waals surface area contributed by atoms with E-state index in [1.54, 1.807) is 10.9 Å². The van der Waals surface area contributed by atoms with E-state index in [2.05, 4.69) is 21.0 Å². The van der Waals surface area contributed by atoms with Crippen LogP contribution in [-0.2, 0) is 4.79 Å². The number of carbonyl (C=O) groups excluding carboxylic acids is 2. The van der Waals surface area contributed by atoms with Gasteiger partial charge in [0.05, 0.1) is 11.8 Å². The molecule has 7 heteroatoms. The highest BCUT2D eigenvalue weighted by Crippen LogP contribution is 2.38. The van der Waals surface area contributed by atoms with Gasteiger partial charge in [0.1, 0.15) is 17.4 Å². The van der Waals surface area contributed by atoms with E-state index in [4.69, 9.17) is 0 Å². The van der Waals surface area contributed by atoms with Gasteiger partial charge in [-0.3, -0.25) is 9.59 Å². The Balaban J connectivity index is 1.55.